The number of halogens is 4. The van der Waals surface area contributed by atoms with Crippen LogP contribution in [-0.2, 0) is 22.5 Å². The first-order chi connectivity index (χ1) is 17.4. The Balaban J connectivity index is 1.28. The van der Waals surface area contributed by atoms with Crippen LogP contribution < -0.4 is 5.32 Å². The van der Waals surface area contributed by atoms with E-state index in [0.717, 1.165) is 6.07 Å². The lowest BCUT2D eigenvalue weighted by Gasteiger charge is -2.80. The highest BCUT2D eigenvalue weighted by atomic mass is 35.5. The van der Waals surface area contributed by atoms with Gasteiger partial charge in [-0.25, -0.2) is 26.6 Å². The summed E-state index contributed by atoms with van der Waals surface area (Å²) in [5.41, 5.74) is -2.19. The molecule has 3 unspecified atom stereocenters. The molecule has 1 aromatic heterocycles. The first-order valence-corrected chi connectivity index (χ1v) is 13.5. The summed E-state index contributed by atoms with van der Waals surface area (Å²) in [4.78, 5) is 16.8. The molecule has 1 heterocycles. The summed E-state index contributed by atoms with van der Waals surface area (Å²) in [5, 5.41) is 12.9. The fraction of sp³-hybridized carbons (Fsp3) is 0.360. The predicted molar refractivity (Wildman–Crippen MR) is 127 cm³/mol. The van der Waals surface area contributed by atoms with E-state index >= 15 is 0 Å². The second kappa shape index (κ2) is 7.81. The fourth-order valence-electron chi connectivity index (χ4n) is 6.83. The molecule has 3 aliphatic rings. The molecule has 0 radical (unpaired) electrons. The van der Waals surface area contributed by atoms with Crippen LogP contribution in [0, 0.1) is 34.7 Å². The number of sulfone groups is 1. The van der Waals surface area contributed by atoms with Crippen molar-refractivity contribution in [1.29, 1.82) is 0 Å². The zero-order valence-electron chi connectivity index (χ0n) is 19.4. The lowest BCUT2D eigenvalue weighted by molar-refractivity contribution is -0.353. The number of carbonyl (C=O) groups excluding carboxylic acids is 1. The van der Waals surface area contributed by atoms with Gasteiger partial charge < -0.3 is 15.0 Å². The molecule has 3 aliphatic carbocycles. The van der Waals surface area contributed by atoms with Crippen molar-refractivity contribution < 1.29 is 31.5 Å². The Kier molecular flexibility index (Phi) is 5.16. The summed E-state index contributed by atoms with van der Waals surface area (Å²) >= 11 is 6.28. The van der Waals surface area contributed by atoms with Crippen LogP contribution in [0.15, 0.2) is 47.6 Å². The van der Waals surface area contributed by atoms with Gasteiger partial charge in [0.15, 0.2) is 27.3 Å². The Hall–Kier alpha value is -2.89. The van der Waals surface area contributed by atoms with Gasteiger partial charge in [-0.05, 0) is 49.3 Å². The lowest BCUT2D eigenvalue weighted by Crippen LogP contribution is -2.83. The Labute approximate surface area is 215 Å². The Morgan fingerprint density at radius 3 is 2.46 bits per heavy atom. The zero-order valence-corrected chi connectivity index (χ0v) is 21.0. The molecule has 6 rings (SSSR count). The fourth-order valence-corrected chi connectivity index (χ4v) is 9.77. The molecule has 194 valence electrons. The van der Waals surface area contributed by atoms with Crippen LogP contribution in [0.3, 0.4) is 0 Å². The minimum absolute atomic E-state index is 0.0640. The van der Waals surface area contributed by atoms with Gasteiger partial charge in [-0.15, -0.1) is 0 Å². The van der Waals surface area contributed by atoms with Gasteiger partial charge in [0.2, 0.25) is 0 Å². The van der Waals surface area contributed by atoms with E-state index in [0.29, 0.717) is 30.8 Å². The highest BCUT2D eigenvalue weighted by Gasteiger charge is 2.85. The molecular weight excluding hydrogens is 531 g/mol. The molecule has 0 aliphatic heterocycles. The van der Waals surface area contributed by atoms with E-state index in [4.69, 9.17) is 11.6 Å². The number of aryl methyl sites for hydroxylation is 1. The predicted octanol–water partition coefficient (Wildman–Crippen LogP) is 4.20. The summed E-state index contributed by atoms with van der Waals surface area (Å²) in [6, 6.07) is 4.92. The molecule has 12 heteroatoms. The number of nitrogens with zero attached hydrogens (tertiary/aromatic N) is 2. The largest absolute Gasteiger partial charge is 0.381 e. The van der Waals surface area contributed by atoms with Gasteiger partial charge in [-0.3, -0.25) is 4.79 Å². The van der Waals surface area contributed by atoms with E-state index in [2.05, 4.69) is 10.3 Å². The molecule has 0 saturated heterocycles. The molecule has 3 fully saturated rings. The third-order valence-corrected chi connectivity index (χ3v) is 11.3. The number of aliphatic hydroxyl groups is 1. The number of hydrogen-bond donors (Lipinski definition) is 2. The van der Waals surface area contributed by atoms with Crippen LogP contribution in [0.5, 0.6) is 0 Å². The van der Waals surface area contributed by atoms with Gasteiger partial charge in [0.05, 0.1) is 15.2 Å². The average molecular weight is 552 g/mol. The van der Waals surface area contributed by atoms with E-state index in [1.807, 2.05) is 0 Å². The molecule has 7 nitrogen and oxygen atoms in total. The summed E-state index contributed by atoms with van der Waals surface area (Å²) in [7, 11) is -2.21. The Bertz CT molecular complexity index is 1560. The van der Waals surface area contributed by atoms with Crippen LogP contribution in [0.1, 0.15) is 35.4 Å². The molecule has 5 atom stereocenters. The van der Waals surface area contributed by atoms with Gasteiger partial charge in [0.1, 0.15) is 11.4 Å². The number of rotatable bonds is 5. The standard InChI is InChI=1S/C25H21ClF3N3O4S/c1-32-7-6-30-23(32)25(34)11-15-21(14-4-5-24(14,15)25)37(35,36)19-8-12(2-3-16(19)26)22(33)31-13-9-17(27)20(29)18(28)10-13/h2-3,6-10,14-15,21,34H,4-5,11H2,1H3,(H,31,33)/t14?,15?,21-,24?,25-/m0/s1. The van der Waals surface area contributed by atoms with Gasteiger partial charge in [-0.2, -0.15) is 0 Å². The minimum Gasteiger partial charge on any atom is -0.381 e. The number of nitrogens with one attached hydrogen (secondary N) is 1. The van der Waals surface area contributed by atoms with Gasteiger partial charge in [0.25, 0.3) is 5.91 Å². The average Bonchev–Trinajstić information content (AvgIpc) is 3.24. The van der Waals surface area contributed by atoms with Crippen molar-refractivity contribution in [2.45, 2.75) is 35.0 Å². The van der Waals surface area contributed by atoms with Crippen LogP contribution in [0.25, 0.3) is 0 Å². The molecule has 37 heavy (non-hydrogen) atoms. The topological polar surface area (TPSA) is 101 Å². The second-order valence-corrected chi connectivity index (χ2v) is 12.6. The zero-order chi connectivity index (χ0) is 26.5. The van der Waals surface area contributed by atoms with Crippen molar-refractivity contribution in [1.82, 2.24) is 9.55 Å². The summed E-state index contributed by atoms with van der Waals surface area (Å²) in [6.45, 7) is 0. The van der Waals surface area contributed by atoms with Gasteiger partial charge >= 0.3 is 0 Å². The normalized spacial score (nSPS) is 29.8. The highest BCUT2D eigenvalue weighted by Crippen LogP contribution is 2.82. The maximum atomic E-state index is 13.8. The summed E-state index contributed by atoms with van der Waals surface area (Å²) in [5.74, 6) is -5.51. The van der Waals surface area contributed by atoms with Crippen LogP contribution >= 0.6 is 11.6 Å². The number of anilines is 1. The van der Waals surface area contributed by atoms with E-state index in [1.54, 1.807) is 24.0 Å². The Morgan fingerprint density at radius 1 is 1.19 bits per heavy atom. The molecular formula is C25H21ClF3N3O4S. The number of amides is 1. The van der Waals surface area contributed by atoms with Crippen molar-refractivity contribution in [2.75, 3.05) is 5.32 Å². The third-order valence-electron chi connectivity index (χ3n) is 8.56. The van der Waals surface area contributed by atoms with Crippen LogP contribution in [0.2, 0.25) is 5.02 Å². The van der Waals surface area contributed by atoms with E-state index in [1.165, 1.54) is 12.1 Å². The van der Waals surface area contributed by atoms with Crippen molar-refractivity contribution in [3.05, 3.63) is 76.6 Å². The van der Waals surface area contributed by atoms with Crippen LogP contribution in [0.4, 0.5) is 18.9 Å². The maximum absolute atomic E-state index is 13.8. The summed E-state index contributed by atoms with van der Waals surface area (Å²) < 4.78 is 69.6. The van der Waals surface area contributed by atoms with Crippen molar-refractivity contribution in [2.24, 2.45) is 24.3 Å². The first kappa shape index (κ1) is 24.4. The highest BCUT2D eigenvalue weighted by molar-refractivity contribution is 7.92. The van der Waals surface area contributed by atoms with E-state index < -0.39 is 49.5 Å². The molecule has 2 N–H and O–H groups in total. The van der Waals surface area contributed by atoms with Crippen LogP contribution in [-0.4, -0.2) is 34.2 Å². The van der Waals surface area contributed by atoms with Crippen molar-refractivity contribution in [3.8, 4) is 0 Å². The smallest absolute Gasteiger partial charge is 0.255 e. The lowest BCUT2D eigenvalue weighted by atomic mass is 9.27. The quantitative estimate of drug-likeness (QED) is 0.463. The van der Waals surface area contributed by atoms with Crippen molar-refractivity contribution >= 4 is 33.0 Å². The van der Waals surface area contributed by atoms with E-state index in [-0.39, 0.29) is 39.4 Å². The van der Waals surface area contributed by atoms with Crippen molar-refractivity contribution in [3.63, 3.8) is 0 Å². The second-order valence-electron chi connectivity index (χ2n) is 10.1. The Morgan fingerprint density at radius 2 is 1.89 bits per heavy atom. The monoisotopic (exact) mass is 551 g/mol. The maximum Gasteiger partial charge on any atom is 0.255 e. The third kappa shape index (κ3) is 3.07. The molecule has 0 bridgehead atoms. The SMILES string of the molecule is Cn1ccnc1[C@@]1(O)CC2[C@@H](S(=O)(=O)c3cc(C(=O)Nc4cc(F)c(F)c(F)c4)ccc3Cl)C3CCC321. The number of aromatic nitrogens is 2. The minimum atomic E-state index is -4.00. The first-order valence-electron chi connectivity index (χ1n) is 11.6. The molecule has 3 saturated carbocycles. The van der Waals surface area contributed by atoms with Gasteiger partial charge in [0, 0.05) is 48.2 Å². The number of benzene rings is 2. The number of hydrogen-bond acceptors (Lipinski definition) is 5. The van der Waals surface area contributed by atoms with E-state index in [9.17, 15) is 31.5 Å². The van der Waals surface area contributed by atoms with Gasteiger partial charge in [-0.1, -0.05) is 11.6 Å². The number of carbonyl (C=O) groups is 1. The molecule has 2 aromatic carbocycles. The molecule has 1 amide bonds. The molecule has 1 spiro atoms. The summed E-state index contributed by atoms with van der Waals surface area (Å²) in [6.07, 6.45) is 4.91. The molecule has 3 aromatic rings. The number of imidazole rings is 1.